The third-order valence-corrected chi connectivity index (χ3v) is 3.58. The standard InChI is InChI=1S/C12H16F3N3O2/c1-17-8-9(7-16-17)10(19)18-5-2-3-11(20,4-6-18)12(13,14)15/h7-8,20H,2-6H2,1H3. The second-order valence-electron chi connectivity index (χ2n) is 5.08. The van der Waals surface area contributed by atoms with E-state index < -0.39 is 18.2 Å². The van der Waals surface area contributed by atoms with Crippen LogP contribution >= 0.6 is 0 Å². The number of hydrogen-bond acceptors (Lipinski definition) is 3. The fourth-order valence-corrected chi connectivity index (χ4v) is 2.32. The Labute approximate surface area is 114 Å². The van der Waals surface area contributed by atoms with Crippen molar-refractivity contribution in [3.05, 3.63) is 18.0 Å². The van der Waals surface area contributed by atoms with Gasteiger partial charge in [-0.25, -0.2) is 0 Å². The largest absolute Gasteiger partial charge is 0.417 e. The predicted molar refractivity (Wildman–Crippen MR) is 64.0 cm³/mol. The van der Waals surface area contributed by atoms with Crippen LogP contribution in [0.25, 0.3) is 0 Å². The molecule has 5 nitrogen and oxygen atoms in total. The third-order valence-electron chi connectivity index (χ3n) is 3.58. The fourth-order valence-electron chi connectivity index (χ4n) is 2.32. The average molecular weight is 291 g/mol. The zero-order valence-electron chi connectivity index (χ0n) is 11.0. The smallest absolute Gasteiger partial charge is 0.380 e. The molecule has 0 aromatic carbocycles. The van der Waals surface area contributed by atoms with E-state index in [2.05, 4.69) is 5.10 Å². The summed E-state index contributed by atoms with van der Waals surface area (Å²) >= 11 is 0. The van der Waals surface area contributed by atoms with Crippen molar-refractivity contribution in [1.82, 2.24) is 14.7 Å². The van der Waals surface area contributed by atoms with E-state index in [-0.39, 0.29) is 31.8 Å². The van der Waals surface area contributed by atoms with Crippen LogP contribution < -0.4 is 0 Å². The van der Waals surface area contributed by atoms with Gasteiger partial charge in [-0.1, -0.05) is 0 Å². The van der Waals surface area contributed by atoms with Crippen LogP contribution in [0, 0.1) is 0 Å². The zero-order valence-corrected chi connectivity index (χ0v) is 11.0. The van der Waals surface area contributed by atoms with Crippen molar-refractivity contribution in [2.45, 2.75) is 31.0 Å². The molecule has 1 atom stereocenters. The molecule has 1 N–H and O–H groups in total. The van der Waals surface area contributed by atoms with E-state index in [0.29, 0.717) is 5.56 Å². The Hall–Kier alpha value is -1.57. The van der Waals surface area contributed by atoms with Crippen molar-refractivity contribution in [3.8, 4) is 0 Å². The van der Waals surface area contributed by atoms with E-state index in [1.807, 2.05) is 0 Å². The first kappa shape index (κ1) is 14.8. The second-order valence-corrected chi connectivity index (χ2v) is 5.08. The van der Waals surface area contributed by atoms with E-state index in [4.69, 9.17) is 0 Å². The van der Waals surface area contributed by atoms with Crippen molar-refractivity contribution >= 4 is 5.91 Å². The first-order valence-electron chi connectivity index (χ1n) is 6.30. The molecule has 0 radical (unpaired) electrons. The maximum Gasteiger partial charge on any atom is 0.417 e. The number of alkyl halides is 3. The number of nitrogens with zero attached hydrogens (tertiary/aromatic N) is 3. The van der Waals surface area contributed by atoms with Crippen molar-refractivity contribution in [2.75, 3.05) is 13.1 Å². The maximum atomic E-state index is 12.8. The predicted octanol–water partition coefficient (Wildman–Crippen LogP) is 1.34. The first-order valence-corrected chi connectivity index (χ1v) is 6.30. The van der Waals surface area contributed by atoms with Gasteiger partial charge in [0.15, 0.2) is 5.60 Å². The van der Waals surface area contributed by atoms with Crippen molar-refractivity contribution < 1.29 is 23.1 Å². The number of carbonyl (C=O) groups excluding carboxylic acids is 1. The lowest BCUT2D eigenvalue weighted by molar-refractivity contribution is -0.263. The molecule has 20 heavy (non-hydrogen) atoms. The first-order chi connectivity index (χ1) is 9.23. The van der Waals surface area contributed by atoms with Crippen LogP contribution in [0.3, 0.4) is 0 Å². The molecule has 1 aromatic rings. The lowest BCUT2D eigenvalue weighted by Crippen LogP contribution is -2.46. The highest BCUT2D eigenvalue weighted by atomic mass is 19.4. The van der Waals surface area contributed by atoms with E-state index in [1.165, 1.54) is 22.0 Å². The van der Waals surface area contributed by atoms with Crippen LogP contribution in [0.4, 0.5) is 13.2 Å². The SMILES string of the molecule is Cn1cc(C(=O)N2CCCC(O)(C(F)(F)F)CC2)cn1. The summed E-state index contributed by atoms with van der Waals surface area (Å²) in [5.74, 6) is -0.357. The molecule has 1 amide bonds. The van der Waals surface area contributed by atoms with Gasteiger partial charge < -0.3 is 10.0 Å². The molecule has 1 aromatic heterocycles. The fraction of sp³-hybridized carbons (Fsp3) is 0.667. The quantitative estimate of drug-likeness (QED) is 0.849. The average Bonchev–Trinajstić information content (AvgIpc) is 2.67. The number of hydrogen-bond donors (Lipinski definition) is 1. The Bertz CT molecular complexity index is 500. The van der Waals surface area contributed by atoms with Crippen molar-refractivity contribution in [2.24, 2.45) is 7.05 Å². The van der Waals surface area contributed by atoms with Gasteiger partial charge in [-0.2, -0.15) is 18.3 Å². The molecule has 0 spiro atoms. The number of halogens is 3. The number of aliphatic hydroxyl groups is 1. The van der Waals surface area contributed by atoms with E-state index in [1.54, 1.807) is 7.05 Å². The van der Waals surface area contributed by atoms with Crippen LogP contribution in [-0.4, -0.2) is 50.6 Å². The lowest BCUT2D eigenvalue weighted by atomic mass is 9.94. The minimum Gasteiger partial charge on any atom is -0.380 e. The molecule has 1 saturated heterocycles. The van der Waals surface area contributed by atoms with Crippen LogP contribution in [-0.2, 0) is 7.05 Å². The molecule has 1 aliphatic heterocycles. The molecule has 2 rings (SSSR count). The summed E-state index contributed by atoms with van der Waals surface area (Å²) in [5, 5.41) is 13.5. The third kappa shape index (κ3) is 2.79. The summed E-state index contributed by atoms with van der Waals surface area (Å²) in [6.45, 7) is 0.0792. The van der Waals surface area contributed by atoms with Crippen LogP contribution in [0.2, 0.25) is 0 Å². The minimum absolute atomic E-state index is 0.113. The van der Waals surface area contributed by atoms with Gasteiger partial charge in [-0.05, 0) is 12.8 Å². The van der Waals surface area contributed by atoms with E-state index in [9.17, 15) is 23.1 Å². The normalized spacial score (nSPS) is 24.6. The van der Waals surface area contributed by atoms with Crippen LogP contribution in [0.1, 0.15) is 29.6 Å². The van der Waals surface area contributed by atoms with Gasteiger partial charge in [-0.3, -0.25) is 9.48 Å². The summed E-state index contributed by atoms with van der Waals surface area (Å²) in [7, 11) is 1.65. The molecular formula is C12H16F3N3O2. The summed E-state index contributed by atoms with van der Waals surface area (Å²) < 4.78 is 39.8. The van der Waals surface area contributed by atoms with Gasteiger partial charge in [0, 0.05) is 32.8 Å². The van der Waals surface area contributed by atoms with Crippen molar-refractivity contribution in [3.63, 3.8) is 0 Å². The van der Waals surface area contributed by atoms with Gasteiger partial charge >= 0.3 is 6.18 Å². The summed E-state index contributed by atoms with van der Waals surface area (Å²) in [6.07, 6.45) is -2.54. The summed E-state index contributed by atoms with van der Waals surface area (Å²) in [4.78, 5) is 13.5. The van der Waals surface area contributed by atoms with Gasteiger partial charge in [0.05, 0.1) is 11.8 Å². The topological polar surface area (TPSA) is 58.4 Å². The molecule has 1 aliphatic rings. The van der Waals surface area contributed by atoms with Gasteiger partial charge in [0.2, 0.25) is 0 Å². The summed E-state index contributed by atoms with van der Waals surface area (Å²) in [6, 6.07) is 0. The van der Waals surface area contributed by atoms with E-state index in [0.717, 1.165) is 0 Å². The highest BCUT2D eigenvalue weighted by molar-refractivity contribution is 5.93. The highest BCUT2D eigenvalue weighted by Gasteiger charge is 2.53. The molecule has 0 aliphatic carbocycles. The second kappa shape index (κ2) is 5.08. The van der Waals surface area contributed by atoms with Gasteiger partial charge in [0.1, 0.15) is 0 Å². The number of rotatable bonds is 1. The molecule has 2 heterocycles. The molecular weight excluding hydrogens is 275 g/mol. The Kier molecular flexibility index (Phi) is 3.77. The van der Waals surface area contributed by atoms with Gasteiger partial charge in [-0.15, -0.1) is 0 Å². The zero-order chi connectivity index (χ0) is 15.0. The number of likely N-dealkylation sites (tertiary alicyclic amines) is 1. The molecule has 1 unspecified atom stereocenters. The molecule has 8 heteroatoms. The van der Waals surface area contributed by atoms with E-state index >= 15 is 0 Å². The highest BCUT2D eigenvalue weighted by Crippen LogP contribution is 2.38. The summed E-state index contributed by atoms with van der Waals surface area (Å²) in [5.41, 5.74) is -2.36. The number of amides is 1. The number of aryl methyl sites for hydroxylation is 1. The Morgan fingerprint density at radius 1 is 1.40 bits per heavy atom. The Balaban J connectivity index is 2.08. The number of carbonyl (C=O) groups is 1. The molecule has 0 bridgehead atoms. The monoisotopic (exact) mass is 291 g/mol. The number of aromatic nitrogens is 2. The van der Waals surface area contributed by atoms with Crippen LogP contribution in [0.5, 0.6) is 0 Å². The minimum atomic E-state index is -4.67. The molecule has 0 saturated carbocycles. The Morgan fingerprint density at radius 3 is 2.65 bits per heavy atom. The van der Waals surface area contributed by atoms with Crippen molar-refractivity contribution in [1.29, 1.82) is 0 Å². The van der Waals surface area contributed by atoms with Crippen LogP contribution in [0.15, 0.2) is 12.4 Å². The lowest BCUT2D eigenvalue weighted by Gasteiger charge is -2.29. The van der Waals surface area contributed by atoms with Gasteiger partial charge in [0.25, 0.3) is 5.91 Å². The maximum absolute atomic E-state index is 12.8. The molecule has 112 valence electrons. The Morgan fingerprint density at radius 2 is 2.10 bits per heavy atom. The molecule has 1 fully saturated rings.